The van der Waals surface area contributed by atoms with Crippen molar-refractivity contribution in [3.63, 3.8) is 0 Å². The molecule has 18 heavy (non-hydrogen) atoms. The number of aryl methyl sites for hydroxylation is 2. The second-order valence-electron chi connectivity index (χ2n) is 4.32. The van der Waals surface area contributed by atoms with Gasteiger partial charge in [0.1, 0.15) is 0 Å². The van der Waals surface area contributed by atoms with Crippen LogP contribution < -0.4 is 5.32 Å². The third-order valence-electron chi connectivity index (χ3n) is 3.09. The molecule has 0 saturated heterocycles. The molecule has 4 heteroatoms. The highest BCUT2D eigenvalue weighted by molar-refractivity contribution is 9.11. The first-order chi connectivity index (χ1) is 8.52. The first-order valence-corrected chi connectivity index (χ1v) is 7.71. The average Bonchev–Trinajstić information content (AvgIpc) is 2.73. The van der Waals surface area contributed by atoms with Crippen LogP contribution in [0.5, 0.6) is 0 Å². The number of halogens is 2. The molecular formula is C14H15BrClNS. The van der Waals surface area contributed by atoms with Gasteiger partial charge in [-0.2, -0.15) is 0 Å². The van der Waals surface area contributed by atoms with Crippen molar-refractivity contribution in [1.29, 1.82) is 0 Å². The predicted octanol–water partition coefficient (Wildman–Crippen LogP) is 5.09. The zero-order valence-corrected chi connectivity index (χ0v) is 13.7. The first-order valence-electron chi connectivity index (χ1n) is 5.72. The normalized spacial score (nSPS) is 12.7. The molecule has 0 amide bonds. The lowest BCUT2D eigenvalue weighted by Crippen LogP contribution is -2.17. The smallest absolute Gasteiger partial charge is 0.0702 e. The second-order valence-corrected chi connectivity index (χ2v) is 7.22. The molecule has 96 valence electrons. The Hall–Kier alpha value is -0.350. The van der Waals surface area contributed by atoms with E-state index in [1.807, 2.05) is 13.1 Å². The fraction of sp³-hybridized carbons (Fsp3) is 0.286. The number of rotatable bonds is 3. The van der Waals surface area contributed by atoms with E-state index in [9.17, 15) is 0 Å². The Balaban J connectivity index is 2.48. The van der Waals surface area contributed by atoms with E-state index in [-0.39, 0.29) is 6.04 Å². The largest absolute Gasteiger partial charge is 0.309 e. The van der Waals surface area contributed by atoms with Gasteiger partial charge in [0, 0.05) is 9.90 Å². The van der Waals surface area contributed by atoms with Crippen LogP contribution in [-0.4, -0.2) is 7.05 Å². The molecule has 1 heterocycles. The molecule has 2 rings (SSSR count). The standard InChI is InChI=1S/C14H15BrClNS/c1-8-6-10(11(16)7-9(8)2)14(17-3)12-4-5-13(15)18-12/h4-7,14,17H,1-3H3. The molecule has 1 atom stereocenters. The minimum atomic E-state index is 0.146. The van der Waals surface area contributed by atoms with Crippen molar-refractivity contribution in [2.24, 2.45) is 0 Å². The summed E-state index contributed by atoms with van der Waals surface area (Å²) in [5.41, 5.74) is 3.63. The van der Waals surface area contributed by atoms with Gasteiger partial charge in [0.05, 0.1) is 9.83 Å². The monoisotopic (exact) mass is 343 g/mol. The van der Waals surface area contributed by atoms with Gasteiger partial charge in [-0.05, 0) is 71.7 Å². The number of thiophene rings is 1. The van der Waals surface area contributed by atoms with E-state index in [4.69, 9.17) is 11.6 Å². The van der Waals surface area contributed by atoms with Crippen molar-refractivity contribution in [2.45, 2.75) is 19.9 Å². The highest BCUT2D eigenvalue weighted by Crippen LogP contribution is 2.35. The molecule has 1 aromatic carbocycles. The first kappa shape index (κ1) is 14.1. The van der Waals surface area contributed by atoms with Crippen molar-refractivity contribution >= 4 is 38.9 Å². The lowest BCUT2D eigenvalue weighted by Gasteiger charge is -2.18. The van der Waals surface area contributed by atoms with Gasteiger partial charge >= 0.3 is 0 Å². The Kier molecular flexibility index (Phi) is 4.49. The molecular weight excluding hydrogens is 330 g/mol. The van der Waals surface area contributed by atoms with Crippen LogP contribution in [0.15, 0.2) is 28.1 Å². The minimum absolute atomic E-state index is 0.146. The summed E-state index contributed by atoms with van der Waals surface area (Å²) in [6.07, 6.45) is 0. The van der Waals surface area contributed by atoms with E-state index in [1.54, 1.807) is 11.3 Å². The molecule has 0 bridgehead atoms. The zero-order chi connectivity index (χ0) is 13.3. The highest BCUT2D eigenvalue weighted by Gasteiger charge is 2.17. The Labute approximate surface area is 125 Å². The fourth-order valence-corrected chi connectivity index (χ4v) is 3.84. The van der Waals surface area contributed by atoms with Crippen LogP contribution >= 0.6 is 38.9 Å². The lowest BCUT2D eigenvalue weighted by atomic mass is 10.00. The zero-order valence-electron chi connectivity index (χ0n) is 10.6. The summed E-state index contributed by atoms with van der Waals surface area (Å²) < 4.78 is 1.14. The van der Waals surface area contributed by atoms with E-state index in [0.29, 0.717) is 0 Å². The van der Waals surface area contributed by atoms with Gasteiger partial charge in [-0.25, -0.2) is 0 Å². The Morgan fingerprint density at radius 1 is 1.22 bits per heavy atom. The maximum Gasteiger partial charge on any atom is 0.0702 e. The maximum absolute atomic E-state index is 6.38. The van der Waals surface area contributed by atoms with E-state index in [2.05, 4.69) is 53.3 Å². The molecule has 0 fully saturated rings. The fourth-order valence-electron chi connectivity index (χ4n) is 1.96. The highest BCUT2D eigenvalue weighted by atomic mass is 79.9. The second kappa shape index (κ2) is 5.74. The average molecular weight is 345 g/mol. The quantitative estimate of drug-likeness (QED) is 0.818. The Morgan fingerprint density at radius 3 is 2.44 bits per heavy atom. The Bertz CT molecular complexity index is 565. The van der Waals surface area contributed by atoms with Crippen LogP contribution in [0.1, 0.15) is 27.6 Å². The lowest BCUT2D eigenvalue weighted by molar-refractivity contribution is 0.703. The van der Waals surface area contributed by atoms with Crippen LogP contribution in [0, 0.1) is 13.8 Å². The van der Waals surface area contributed by atoms with E-state index in [0.717, 1.165) is 14.4 Å². The van der Waals surface area contributed by atoms with Gasteiger partial charge < -0.3 is 5.32 Å². The molecule has 1 nitrogen and oxygen atoms in total. The third-order valence-corrected chi connectivity index (χ3v) is 5.11. The number of hydrogen-bond acceptors (Lipinski definition) is 2. The van der Waals surface area contributed by atoms with Crippen LogP contribution in [0.25, 0.3) is 0 Å². The third kappa shape index (κ3) is 2.80. The van der Waals surface area contributed by atoms with E-state index in [1.165, 1.54) is 16.0 Å². The molecule has 0 saturated carbocycles. The predicted molar refractivity (Wildman–Crippen MR) is 83.8 cm³/mol. The number of hydrogen-bond donors (Lipinski definition) is 1. The summed E-state index contributed by atoms with van der Waals surface area (Å²) in [6, 6.07) is 8.56. The van der Waals surface area contributed by atoms with Crippen LogP contribution in [-0.2, 0) is 0 Å². The minimum Gasteiger partial charge on any atom is -0.309 e. The van der Waals surface area contributed by atoms with Crippen LogP contribution in [0.2, 0.25) is 5.02 Å². The van der Waals surface area contributed by atoms with Crippen molar-refractivity contribution in [3.8, 4) is 0 Å². The maximum atomic E-state index is 6.38. The molecule has 0 aliphatic rings. The molecule has 1 N–H and O–H groups in total. The summed E-state index contributed by atoms with van der Waals surface area (Å²) in [5, 5.41) is 4.16. The van der Waals surface area contributed by atoms with Crippen molar-refractivity contribution < 1.29 is 0 Å². The SMILES string of the molecule is CNC(c1ccc(Br)s1)c1cc(C)c(C)cc1Cl. The Morgan fingerprint density at radius 2 is 1.89 bits per heavy atom. The summed E-state index contributed by atoms with van der Waals surface area (Å²) in [7, 11) is 1.96. The molecule has 1 aromatic heterocycles. The van der Waals surface area contributed by atoms with Crippen molar-refractivity contribution in [3.05, 3.63) is 54.6 Å². The van der Waals surface area contributed by atoms with Gasteiger partial charge in [-0.15, -0.1) is 11.3 Å². The van der Waals surface area contributed by atoms with E-state index < -0.39 is 0 Å². The van der Waals surface area contributed by atoms with E-state index >= 15 is 0 Å². The van der Waals surface area contributed by atoms with Crippen LogP contribution in [0.3, 0.4) is 0 Å². The van der Waals surface area contributed by atoms with Crippen molar-refractivity contribution in [2.75, 3.05) is 7.05 Å². The molecule has 0 aliphatic carbocycles. The molecule has 0 radical (unpaired) electrons. The van der Waals surface area contributed by atoms with Gasteiger partial charge in [-0.3, -0.25) is 0 Å². The summed E-state index contributed by atoms with van der Waals surface area (Å²) >= 11 is 11.6. The summed E-state index contributed by atoms with van der Waals surface area (Å²) in [5.74, 6) is 0. The van der Waals surface area contributed by atoms with Crippen molar-refractivity contribution in [1.82, 2.24) is 5.32 Å². The van der Waals surface area contributed by atoms with Gasteiger partial charge in [0.25, 0.3) is 0 Å². The number of nitrogens with one attached hydrogen (secondary N) is 1. The summed E-state index contributed by atoms with van der Waals surface area (Å²) in [4.78, 5) is 1.26. The molecule has 0 spiro atoms. The summed E-state index contributed by atoms with van der Waals surface area (Å²) in [6.45, 7) is 4.20. The number of benzene rings is 1. The van der Waals surface area contributed by atoms with Gasteiger partial charge in [0.15, 0.2) is 0 Å². The van der Waals surface area contributed by atoms with Crippen LogP contribution in [0.4, 0.5) is 0 Å². The molecule has 2 aromatic rings. The molecule has 0 aliphatic heterocycles. The van der Waals surface area contributed by atoms with Gasteiger partial charge in [-0.1, -0.05) is 17.7 Å². The molecule has 1 unspecified atom stereocenters. The van der Waals surface area contributed by atoms with Gasteiger partial charge in [0.2, 0.25) is 0 Å². The topological polar surface area (TPSA) is 12.0 Å².